The molecular weight excluding hydrogens is 449 g/mol. The number of aromatic nitrogens is 6. The van der Waals surface area contributed by atoms with Crippen LogP contribution in [0.25, 0.3) is 0 Å². The van der Waals surface area contributed by atoms with E-state index < -0.39 is 0 Å². The number of nitrogens with one attached hydrogen (secondary N) is 3. The van der Waals surface area contributed by atoms with Crippen molar-refractivity contribution in [3.63, 3.8) is 0 Å². The van der Waals surface area contributed by atoms with E-state index in [-0.39, 0.29) is 10.6 Å². The quantitative estimate of drug-likeness (QED) is 0.295. The summed E-state index contributed by atoms with van der Waals surface area (Å²) in [5, 5.41) is 9.61. The van der Waals surface area contributed by atoms with Crippen LogP contribution in [0, 0.1) is 0 Å². The Morgan fingerprint density at radius 3 is 1.75 bits per heavy atom. The molecule has 2 heterocycles. The van der Waals surface area contributed by atoms with Gasteiger partial charge in [0.1, 0.15) is 5.82 Å². The molecule has 2 aromatic heterocycles. The third-order valence-corrected chi connectivity index (χ3v) is 4.52. The van der Waals surface area contributed by atoms with Gasteiger partial charge >= 0.3 is 0 Å². The zero-order valence-corrected chi connectivity index (χ0v) is 18.3. The molecule has 162 valence electrons. The molecule has 2 aromatic carbocycles. The SMILES string of the molecule is Clc1nc(CCCNc2nc(Cl)nc(Nc3ccccc3)n2)nc(Nc2ccccc2)n1. The summed E-state index contributed by atoms with van der Waals surface area (Å²) >= 11 is 12.1. The Balaban J connectivity index is 1.32. The van der Waals surface area contributed by atoms with Gasteiger partial charge in [0.25, 0.3) is 0 Å². The second-order valence-corrected chi connectivity index (χ2v) is 7.28. The van der Waals surface area contributed by atoms with Gasteiger partial charge in [-0.05, 0) is 53.9 Å². The van der Waals surface area contributed by atoms with Gasteiger partial charge in [-0.25, -0.2) is 4.98 Å². The highest BCUT2D eigenvalue weighted by molar-refractivity contribution is 6.28. The fourth-order valence-corrected chi connectivity index (χ4v) is 3.13. The van der Waals surface area contributed by atoms with Crippen LogP contribution in [0.5, 0.6) is 0 Å². The van der Waals surface area contributed by atoms with Crippen LogP contribution in [0.1, 0.15) is 12.2 Å². The monoisotopic (exact) mass is 467 g/mol. The van der Waals surface area contributed by atoms with E-state index in [9.17, 15) is 0 Å². The summed E-state index contributed by atoms with van der Waals surface area (Å²) in [7, 11) is 0. The molecule has 0 fully saturated rings. The number of benzene rings is 2. The van der Waals surface area contributed by atoms with Crippen molar-refractivity contribution in [1.29, 1.82) is 0 Å². The van der Waals surface area contributed by atoms with Gasteiger partial charge in [0, 0.05) is 24.3 Å². The van der Waals surface area contributed by atoms with E-state index in [1.54, 1.807) is 0 Å². The Bertz CT molecular complexity index is 1070. The topological polar surface area (TPSA) is 113 Å². The van der Waals surface area contributed by atoms with E-state index >= 15 is 0 Å². The summed E-state index contributed by atoms with van der Waals surface area (Å²) in [6, 6.07) is 19.2. The van der Waals surface area contributed by atoms with Crippen molar-refractivity contribution < 1.29 is 0 Å². The van der Waals surface area contributed by atoms with Crippen molar-refractivity contribution in [1.82, 2.24) is 29.9 Å². The largest absolute Gasteiger partial charge is 0.354 e. The van der Waals surface area contributed by atoms with Crippen molar-refractivity contribution in [2.45, 2.75) is 12.8 Å². The predicted octanol–water partition coefficient (Wildman–Crippen LogP) is 4.90. The molecule has 0 aliphatic carbocycles. The third kappa shape index (κ3) is 6.47. The molecule has 4 rings (SSSR count). The van der Waals surface area contributed by atoms with Crippen molar-refractivity contribution >= 4 is 52.4 Å². The van der Waals surface area contributed by atoms with Crippen LogP contribution < -0.4 is 16.0 Å². The first-order chi connectivity index (χ1) is 15.6. The highest BCUT2D eigenvalue weighted by Gasteiger charge is 2.08. The van der Waals surface area contributed by atoms with E-state index in [1.165, 1.54) is 0 Å². The molecule has 4 aromatic rings. The number of nitrogens with zero attached hydrogens (tertiary/aromatic N) is 6. The maximum Gasteiger partial charge on any atom is 0.233 e. The van der Waals surface area contributed by atoms with Crippen molar-refractivity contribution in [3.05, 3.63) is 77.1 Å². The molecule has 0 radical (unpaired) electrons. The lowest BCUT2D eigenvalue weighted by Crippen LogP contribution is -2.10. The molecule has 0 aliphatic rings. The predicted molar refractivity (Wildman–Crippen MR) is 126 cm³/mol. The van der Waals surface area contributed by atoms with Crippen molar-refractivity contribution in [2.24, 2.45) is 0 Å². The molecule has 0 amide bonds. The summed E-state index contributed by atoms with van der Waals surface area (Å²) in [5.74, 6) is 1.73. The molecular formula is C21H19Cl2N9. The molecule has 0 bridgehead atoms. The van der Waals surface area contributed by atoms with Crippen LogP contribution in [0.15, 0.2) is 60.7 Å². The number of anilines is 5. The van der Waals surface area contributed by atoms with Gasteiger partial charge in [-0.2, -0.15) is 24.9 Å². The molecule has 0 spiro atoms. The summed E-state index contributed by atoms with van der Waals surface area (Å²) in [5.41, 5.74) is 1.72. The number of halogens is 2. The molecule has 0 saturated carbocycles. The molecule has 11 heteroatoms. The van der Waals surface area contributed by atoms with Crippen LogP contribution in [-0.4, -0.2) is 36.4 Å². The first-order valence-electron chi connectivity index (χ1n) is 9.84. The zero-order chi connectivity index (χ0) is 22.2. The van der Waals surface area contributed by atoms with E-state index in [1.807, 2.05) is 60.7 Å². The van der Waals surface area contributed by atoms with Crippen molar-refractivity contribution in [3.8, 4) is 0 Å². The Morgan fingerprint density at radius 1 is 0.594 bits per heavy atom. The number of rotatable bonds is 9. The molecule has 9 nitrogen and oxygen atoms in total. The second-order valence-electron chi connectivity index (χ2n) is 6.61. The Labute approximate surface area is 194 Å². The molecule has 3 N–H and O–H groups in total. The summed E-state index contributed by atoms with van der Waals surface area (Å²) in [6.45, 7) is 0.579. The van der Waals surface area contributed by atoms with Crippen LogP contribution in [0.2, 0.25) is 10.6 Å². The molecule has 32 heavy (non-hydrogen) atoms. The number of aryl methyl sites for hydroxylation is 1. The Kier molecular flexibility index (Phi) is 7.21. The van der Waals surface area contributed by atoms with Crippen LogP contribution >= 0.6 is 23.2 Å². The number of hydrogen-bond donors (Lipinski definition) is 3. The zero-order valence-electron chi connectivity index (χ0n) is 16.8. The van der Waals surface area contributed by atoms with Gasteiger partial charge in [-0.3, -0.25) is 0 Å². The fourth-order valence-electron chi connectivity index (χ4n) is 2.79. The van der Waals surface area contributed by atoms with Gasteiger partial charge in [0.05, 0.1) is 0 Å². The molecule has 0 atom stereocenters. The summed E-state index contributed by atoms with van der Waals surface area (Å²) in [4.78, 5) is 25.3. The third-order valence-electron chi connectivity index (χ3n) is 4.18. The average Bonchev–Trinajstić information content (AvgIpc) is 2.77. The van der Waals surface area contributed by atoms with E-state index in [0.29, 0.717) is 36.6 Å². The minimum Gasteiger partial charge on any atom is -0.354 e. The number of hydrogen-bond acceptors (Lipinski definition) is 9. The van der Waals surface area contributed by atoms with Gasteiger partial charge < -0.3 is 16.0 Å². The molecule has 0 saturated heterocycles. The maximum absolute atomic E-state index is 6.06. The lowest BCUT2D eigenvalue weighted by atomic mass is 10.3. The van der Waals surface area contributed by atoms with Crippen LogP contribution in [0.3, 0.4) is 0 Å². The smallest absolute Gasteiger partial charge is 0.233 e. The Hall–Kier alpha value is -3.56. The maximum atomic E-state index is 6.06. The van der Waals surface area contributed by atoms with Crippen LogP contribution in [0.4, 0.5) is 29.2 Å². The highest BCUT2D eigenvalue weighted by Crippen LogP contribution is 2.16. The minimum atomic E-state index is 0.0989. The van der Waals surface area contributed by atoms with Gasteiger partial charge in [0.2, 0.25) is 28.4 Å². The first-order valence-corrected chi connectivity index (χ1v) is 10.6. The average molecular weight is 468 g/mol. The van der Waals surface area contributed by atoms with Crippen LogP contribution in [-0.2, 0) is 6.42 Å². The second kappa shape index (κ2) is 10.7. The normalized spacial score (nSPS) is 10.6. The van der Waals surface area contributed by atoms with E-state index in [2.05, 4.69) is 45.9 Å². The minimum absolute atomic E-state index is 0.0989. The summed E-state index contributed by atoms with van der Waals surface area (Å²) < 4.78 is 0. The molecule has 0 aliphatic heterocycles. The van der Waals surface area contributed by atoms with Crippen molar-refractivity contribution in [2.75, 3.05) is 22.5 Å². The number of para-hydroxylation sites is 2. The standard InChI is InChI=1S/C21H19Cl2N9/c22-17-27-16(28-20(30-17)25-14-8-3-1-4-9-14)12-7-13-24-19-29-18(23)31-21(32-19)26-15-10-5-2-6-11-15/h1-6,8-11H,7,12-13H2,(H,25,27,28,30)(H2,24,26,29,31,32). The first kappa shape index (κ1) is 21.7. The van der Waals surface area contributed by atoms with E-state index in [0.717, 1.165) is 17.8 Å². The lowest BCUT2D eigenvalue weighted by molar-refractivity contribution is 0.786. The lowest BCUT2D eigenvalue weighted by Gasteiger charge is -2.09. The van der Waals surface area contributed by atoms with Gasteiger partial charge in [0.15, 0.2) is 0 Å². The van der Waals surface area contributed by atoms with E-state index in [4.69, 9.17) is 23.2 Å². The molecule has 0 unspecified atom stereocenters. The Morgan fingerprint density at radius 2 is 1.12 bits per heavy atom. The fraction of sp³-hybridized carbons (Fsp3) is 0.143. The highest BCUT2D eigenvalue weighted by atomic mass is 35.5. The van der Waals surface area contributed by atoms with Gasteiger partial charge in [-0.15, -0.1) is 0 Å². The van der Waals surface area contributed by atoms with Gasteiger partial charge in [-0.1, -0.05) is 36.4 Å². The summed E-state index contributed by atoms with van der Waals surface area (Å²) in [6.07, 6.45) is 1.31.